The molecule has 4 aromatic rings. The number of thiophene rings is 1. The molecule has 1 aliphatic carbocycles. The van der Waals surface area contributed by atoms with E-state index in [0.717, 1.165) is 58.5 Å². The molecule has 0 unspecified atom stereocenters. The van der Waals surface area contributed by atoms with Crippen molar-refractivity contribution >= 4 is 40.0 Å². The molecule has 1 aliphatic rings. The molecule has 1 saturated carbocycles. The van der Waals surface area contributed by atoms with E-state index in [-0.39, 0.29) is 16.7 Å². The minimum absolute atomic E-state index is 0.00250. The van der Waals surface area contributed by atoms with Gasteiger partial charge in [0.2, 0.25) is 5.91 Å². The summed E-state index contributed by atoms with van der Waals surface area (Å²) in [4.78, 5) is 32.9. The molecular weight excluding hydrogens is 500 g/mol. The average molecular weight is 533 g/mol. The number of carboxylic acid groups (broad SMARTS) is 1. The predicted octanol–water partition coefficient (Wildman–Crippen LogP) is 7.12. The quantitative estimate of drug-likeness (QED) is 0.231. The van der Waals surface area contributed by atoms with Crippen LogP contribution in [0.4, 0.5) is 5.69 Å². The number of pyridine rings is 1. The van der Waals surface area contributed by atoms with Crippen LogP contribution in [0.3, 0.4) is 0 Å². The first-order chi connectivity index (χ1) is 18.4. The number of nitrogens with zero attached hydrogens (tertiary/aromatic N) is 2. The van der Waals surface area contributed by atoms with Crippen LogP contribution in [0.25, 0.3) is 32.9 Å². The van der Waals surface area contributed by atoms with Crippen molar-refractivity contribution in [1.29, 1.82) is 0 Å². The van der Waals surface area contributed by atoms with Gasteiger partial charge < -0.3 is 19.2 Å². The Morgan fingerprint density at radius 3 is 2.53 bits per heavy atom. The number of anilines is 1. The van der Waals surface area contributed by atoms with Crippen molar-refractivity contribution in [2.75, 3.05) is 24.7 Å². The number of benzene rings is 1. The van der Waals surface area contributed by atoms with Gasteiger partial charge in [0.15, 0.2) is 5.58 Å². The summed E-state index contributed by atoms with van der Waals surface area (Å²) in [6.45, 7) is 5.35. The monoisotopic (exact) mass is 532 g/mol. The average Bonchev–Trinajstić information content (AvgIpc) is 3.57. The minimum atomic E-state index is -1.03. The topological polar surface area (TPSA) is 92.9 Å². The molecule has 8 heteroatoms. The van der Waals surface area contributed by atoms with Gasteiger partial charge in [0, 0.05) is 41.8 Å². The minimum Gasteiger partial charge on any atom is -0.477 e. The van der Waals surface area contributed by atoms with Gasteiger partial charge in [-0.05, 0) is 62.3 Å². The molecular formula is C30H32N2O5S. The van der Waals surface area contributed by atoms with Gasteiger partial charge in [-0.15, -0.1) is 11.3 Å². The Kier molecular flexibility index (Phi) is 7.90. The predicted molar refractivity (Wildman–Crippen MR) is 150 cm³/mol. The lowest BCUT2D eigenvalue weighted by atomic mass is 9.82. The number of hydrogen-bond acceptors (Lipinski definition) is 6. The number of carboxylic acids is 1. The maximum absolute atomic E-state index is 13.7. The fraction of sp³-hybridized carbons (Fsp3) is 0.367. The van der Waals surface area contributed by atoms with E-state index >= 15 is 0 Å². The third-order valence-electron chi connectivity index (χ3n) is 7.23. The smallest absolute Gasteiger partial charge is 0.348 e. The second-order valence-electron chi connectivity index (χ2n) is 9.85. The molecule has 0 radical (unpaired) electrons. The highest BCUT2D eigenvalue weighted by Crippen LogP contribution is 2.40. The standard InChI is InChI=1S/C30H32N2O5S/c1-3-36-16-15-32(29(33)22-8-6-19(2)7-9-22)24-18-27(38-28(24)30(34)35)21-12-10-20(11-13-21)26-17-23-25(37-26)5-4-14-31-23/h4-5,10-14,17-19,22H,3,6-9,15-16H2,1-2H3,(H,34,35)/t19-,22-. The van der Waals surface area contributed by atoms with Crippen LogP contribution in [0.5, 0.6) is 0 Å². The lowest BCUT2D eigenvalue weighted by molar-refractivity contribution is -0.123. The summed E-state index contributed by atoms with van der Waals surface area (Å²) in [6, 6.07) is 15.3. The summed E-state index contributed by atoms with van der Waals surface area (Å²) in [7, 11) is 0. The van der Waals surface area contributed by atoms with Crippen LogP contribution >= 0.6 is 11.3 Å². The molecule has 3 heterocycles. The zero-order chi connectivity index (χ0) is 26.6. The fourth-order valence-corrected chi connectivity index (χ4v) is 6.07. The number of hydrogen-bond donors (Lipinski definition) is 1. The number of ether oxygens (including phenoxy) is 1. The summed E-state index contributed by atoms with van der Waals surface area (Å²) in [6.07, 6.45) is 5.44. The zero-order valence-corrected chi connectivity index (χ0v) is 22.5. The Bertz CT molecular complexity index is 1380. The van der Waals surface area contributed by atoms with Gasteiger partial charge in [-0.2, -0.15) is 0 Å². The van der Waals surface area contributed by atoms with Crippen molar-refractivity contribution < 1.29 is 23.8 Å². The highest BCUT2D eigenvalue weighted by molar-refractivity contribution is 7.18. The number of rotatable bonds is 9. The molecule has 0 saturated heterocycles. The van der Waals surface area contributed by atoms with E-state index in [1.54, 1.807) is 11.1 Å². The van der Waals surface area contributed by atoms with E-state index < -0.39 is 5.97 Å². The van der Waals surface area contributed by atoms with Crippen LogP contribution in [0.2, 0.25) is 0 Å². The van der Waals surface area contributed by atoms with Crippen LogP contribution in [-0.2, 0) is 9.53 Å². The molecule has 1 amide bonds. The lowest BCUT2D eigenvalue weighted by Crippen LogP contribution is -2.40. The second kappa shape index (κ2) is 11.5. The third-order valence-corrected chi connectivity index (χ3v) is 8.39. The molecule has 1 aromatic carbocycles. The zero-order valence-electron chi connectivity index (χ0n) is 21.7. The van der Waals surface area contributed by atoms with E-state index in [2.05, 4.69) is 11.9 Å². The number of carbonyl (C=O) groups excluding carboxylic acids is 1. The highest BCUT2D eigenvalue weighted by atomic mass is 32.1. The van der Waals surface area contributed by atoms with Gasteiger partial charge in [0.25, 0.3) is 0 Å². The molecule has 38 heavy (non-hydrogen) atoms. The van der Waals surface area contributed by atoms with Crippen LogP contribution in [0.1, 0.15) is 49.2 Å². The van der Waals surface area contributed by atoms with Crippen LogP contribution < -0.4 is 4.90 Å². The SMILES string of the molecule is CCOCCN(c1cc(-c2ccc(-c3cc4ncccc4o3)cc2)sc1C(=O)O)C(=O)[C@H]1CC[C@H](C)CC1. The summed E-state index contributed by atoms with van der Waals surface area (Å²) in [5.74, 6) is 0.219. The van der Waals surface area contributed by atoms with Crippen LogP contribution in [0.15, 0.2) is 59.1 Å². The molecule has 3 aromatic heterocycles. The van der Waals surface area contributed by atoms with Crippen molar-refractivity contribution in [3.05, 3.63) is 59.6 Å². The number of aromatic carboxylic acids is 1. The number of carbonyl (C=O) groups is 2. The normalized spacial score (nSPS) is 17.5. The van der Waals surface area contributed by atoms with E-state index in [1.807, 2.05) is 55.5 Å². The van der Waals surface area contributed by atoms with Crippen molar-refractivity contribution in [2.24, 2.45) is 11.8 Å². The Morgan fingerprint density at radius 2 is 1.84 bits per heavy atom. The van der Waals surface area contributed by atoms with E-state index in [4.69, 9.17) is 9.15 Å². The fourth-order valence-electron chi connectivity index (χ4n) is 5.06. The molecule has 0 aliphatic heterocycles. The molecule has 5 rings (SSSR count). The molecule has 0 atom stereocenters. The van der Waals surface area contributed by atoms with E-state index in [0.29, 0.717) is 31.4 Å². The number of furan rings is 1. The van der Waals surface area contributed by atoms with Gasteiger partial charge in [-0.3, -0.25) is 9.78 Å². The summed E-state index contributed by atoms with van der Waals surface area (Å²) in [5.41, 5.74) is 3.76. The van der Waals surface area contributed by atoms with Crippen molar-refractivity contribution in [3.8, 4) is 21.8 Å². The maximum Gasteiger partial charge on any atom is 0.348 e. The molecule has 1 fully saturated rings. The van der Waals surface area contributed by atoms with Crippen molar-refractivity contribution in [1.82, 2.24) is 4.98 Å². The third kappa shape index (κ3) is 5.51. The number of amides is 1. The van der Waals surface area contributed by atoms with Gasteiger partial charge >= 0.3 is 5.97 Å². The Balaban J connectivity index is 1.44. The Hall–Kier alpha value is -3.49. The molecule has 0 spiro atoms. The van der Waals surface area contributed by atoms with Crippen molar-refractivity contribution in [2.45, 2.75) is 39.5 Å². The number of aromatic nitrogens is 1. The lowest BCUT2D eigenvalue weighted by Gasteiger charge is -2.31. The Labute approximate surface area is 226 Å². The highest BCUT2D eigenvalue weighted by Gasteiger charge is 2.32. The summed E-state index contributed by atoms with van der Waals surface area (Å²) in [5, 5.41) is 10.1. The Morgan fingerprint density at radius 1 is 1.11 bits per heavy atom. The van der Waals surface area contributed by atoms with Gasteiger partial charge in [0.1, 0.15) is 16.2 Å². The maximum atomic E-state index is 13.7. The van der Waals surface area contributed by atoms with Crippen molar-refractivity contribution in [3.63, 3.8) is 0 Å². The van der Waals surface area contributed by atoms with E-state index in [1.165, 1.54) is 11.3 Å². The molecule has 7 nitrogen and oxygen atoms in total. The van der Waals surface area contributed by atoms with Crippen LogP contribution in [0, 0.1) is 11.8 Å². The summed E-state index contributed by atoms with van der Waals surface area (Å²) >= 11 is 1.19. The number of fused-ring (bicyclic) bond motifs is 1. The largest absolute Gasteiger partial charge is 0.477 e. The second-order valence-corrected chi connectivity index (χ2v) is 10.9. The first-order valence-electron chi connectivity index (χ1n) is 13.2. The van der Waals surface area contributed by atoms with Gasteiger partial charge in [0.05, 0.1) is 12.3 Å². The first kappa shape index (κ1) is 26.1. The molecule has 1 N–H and O–H groups in total. The van der Waals surface area contributed by atoms with E-state index in [9.17, 15) is 14.7 Å². The van der Waals surface area contributed by atoms with Crippen LogP contribution in [-0.4, -0.2) is 41.7 Å². The van der Waals surface area contributed by atoms with Gasteiger partial charge in [-0.25, -0.2) is 4.79 Å². The summed E-state index contributed by atoms with van der Waals surface area (Å²) < 4.78 is 11.5. The first-order valence-corrected chi connectivity index (χ1v) is 14.0. The molecule has 0 bridgehead atoms. The van der Waals surface area contributed by atoms with Gasteiger partial charge in [-0.1, -0.05) is 31.2 Å². The molecule has 198 valence electrons.